The van der Waals surface area contributed by atoms with E-state index >= 15 is 0 Å². The van der Waals surface area contributed by atoms with E-state index in [9.17, 15) is 4.39 Å². The highest BCUT2D eigenvalue weighted by Crippen LogP contribution is 2.09. The molecule has 0 spiro atoms. The van der Waals surface area contributed by atoms with E-state index in [1.807, 2.05) is 12.3 Å². The van der Waals surface area contributed by atoms with E-state index in [1.54, 1.807) is 6.07 Å². The highest BCUT2D eigenvalue weighted by Gasteiger charge is 1.99. The fourth-order valence-corrected chi connectivity index (χ4v) is 1.59. The van der Waals surface area contributed by atoms with E-state index in [2.05, 4.69) is 27.9 Å². The predicted octanol–water partition coefficient (Wildman–Crippen LogP) is 2.65. The van der Waals surface area contributed by atoms with Crippen LogP contribution in [-0.2, 0) is 13.1 Å². The molecule has 0 unspecified atom stereocenters. The van der Waals surface area contributed by atoms with Crippen LogP contribution in [0.25, 0.3) is 0 Å². The van der Waals surface area contributed by atoms with Crippen LogP contribution in [-0.4, -0.2) is 9.55 Å². The molecule has 0 fully saturated rings. The summed E-state index contributed by atoms with van der Waals surface area (Å²) in [7, 11) is 0. The second-order valence-electron chi connectivity index (χ2n) is 3.51. The lowest BCUT2D eigenvalue weighted by Crippen LogP contribution is -2.06. The molecule has 0 aromatic carbocycles. The lowest BCUT2D eigenvalue weighted by molar-refractivity contribution is 0.584. The van der Waals surface area contributed by atoms with Gasteiger partial charge >= 0.3 is 0 Å². The Hall–Kier alpha value is -1.84. The third-order valence-electron chi connectivity index (χ3n) is 2.47. The summed E-state index contributed by atoms with van der Waals surface area (Å²) in [5.74, 6) is -0.456. The Morgan fingerprint density at radius 1 is 1.38 bits per heavy atom. The van der Waals surface area contributed by atoms with Gasteiger partial charge in [-0.3, -0.25) is 0 Å². The molecule has 0 saturated heterocycles. The Morgan fingerprint density at radius 3 is 2.94 bits per heavy atom. The predicted molar refractivity (Wildman–Crippen MR) is 61.6 cm³/mol. The van der Waals surface area contributed by atoms with Crippen LogP contribution in [0.2, 0.25) is 0 Å². The summed E-state index contributed by atoms with van der Waals surface area (Å²) in [6.45, 7) is 3.77. The molecule has 2 aromatic heterocycles. The fraction of sp³-hybridized carbons (Fsp3) is 0.250. The second kappa shape index (κ2) is 4.79. The molecule has 4 heteroatoms. The van der Waals surface area contributed by atoms with Crippen molar-refractivity contribution >= 4 is 5.69 Å². The van der Waals surface area contributed by atoms with Gasteiger partial charge in [0.25, 0.3) is 0 Å². The fourth-order valence-electron chi connectivity index (χ4n) is 1.59. The van der Waals surface area contributed by atoms with Crippen LogP contribution in [0.15, 0.2) is 36.7 Å². The molecule has 0 aliphatic heterocycles. The number of pyridine rings is 1. The molecule has 84 valence electrons. The minimum atomic E-state index is -0.456. The molecule has 2 aromatic rings. The summed E-state index contributed by atoms with van der Waals surface area (Å²) in [5.41, 5.74) is 2.03. The Morgan fingerprint density at radius 2 is 2.25 bits per heavy atom. The van der Waals surface area contributed by atoms with Gasteiger partial charge in [0.1, 0.15) is 0 Å². The van der Waals surface area contributed by atoms with Gasteiger partial charge in [-0.05, 0) is 31.2 Å². The van der Waals surface area contributed by atoms with Crippen LogP contribution >= 0.6 is 0 Å². The molecular formula is C12H14FN3. The maximum atomic E-state index is 12.6. The average Bonchev–Trinajstić information content (AvgIpc) is 2.76. The van der Waals surface area contributed by atoms with E-state index in [0.717, 1.165) is 12.2 Å². The van der Waals surface area contributed by atoms with Gasteiger partial charge in [-0.1, -0.05) is 0 Å². The van der Waals surface area contributed by atoms with E-state index in [0.29, 0.717) is 6.54 Å². The van der Waals surface area contributed by atoms with Crippen LogP contribution in [0, 0.1) is 5.95 Å². The van der Waals surface area contributed by atoms with Crippen molar-refractivity contribution in [3.05, 3.63) is 48.3 Å². The molecule has 0 aliphatic rings. The summed E-state index contributed by atoms with van der Waals surface area (Å²) in [6, 6.07) is 7.11. The van der Waals surface area contributed by atoms with Crippen molar-refractivity contribution in [2.45, 2.75) is 20.0 Å². The van der Waals surface area contributed by atoms with Crippen molar-refractivity contribution in [1.82, 2.24) is 9.55 Å². The van der Waals surface area contributed by atoms with Crippen LogP contribution in [0.4, 0.5) is 10.1 Å². The quantitative estimate of drug-likeness (QED) is 0.801. The van der Waals surface area contributed by atoms with Crippen LogP contribution in [0.1, 0.15) is 12.6 Å². The molecular weight excluding hydrogens is 205 g/mol. The number of aromatic nitrogens is 2. The van der Waals surface area contributed by atoms with Crippen LogP contribution in [0.5, 0.6) is 0 Å². The van der Waals surface area contributed by atoms with Crippen molar-refractivity contribution in [2.75, 3.05) is 5.32 Å². The molecule has 0 atom stereocenters. The lowest BCUT2D eigenvalue weighted by atomic mass is 10.3. The van der Waals surface area contributed by atoms with Gasteiger partial charge in [0.2, 0.25) is 5.95 Å². The molecule has 0 amide bonds. The Labute approximate surface area is 93.9 Å². The van der Waals surface area contributed by atoms with E-state index in [-0.39, 0.29) is 0 Å². The molecule has 2 heterocycles. The van der Waals surface area contributed by atoms with Crippen molar-refractivity contribution in [3.63, 3.8) is 0 Å². The van der Waals surface area contributed by atoms with E-state index < -0.39 is 5.95 Å². The van der Waals surface area contributed by atoms with Gasteiger partial charge in [-0.2, -0.15) is 4.39 Å². The number of anilines is 1. The summed E-state index contributed by atoms with van der Waals surface area (Å²) in [5, 5.41) is 3.20. The largest absolute Gasteiger partial charge is 0.378 e. The van der Waals surface area contributed by atoms with Crippen molar-refractivity contribution < 1.29 is 4.39 Å². The Balaban J connectivity index is 1.99. The zero-order chi connectivity index (χ0) is 11.4. The maximum Gasteiger partial charge on any atom is 0.212 e. The molecule has 1 N–H and O–H groups in total. The molecule has 0 saturated carbocycles. The molecule has 16 heavy (non-hydrogen) atoms. The number of nitrogens with one attached hydrogen (secondary N) is 1. The first-order chi connectivity index (χ1) is 7.79. The number of nitrogens with zero attached hydrogens (tertiary/aromatic N) is 2. The number of hydrogen-bond acceptors (Lipinski definition) is 2. The summed E-state index contributed by atoms with van der Waals surface area (Å²) >= 11 is 0. The normalized spacial score (nSPS) is 10.4. The third kappa shape index (κ3) is 2.39. The zero-order valence-electron chi connectivity index (χ0n) is 9.15. The molecule has 0 bridgehead atoms. The lowest BCUT2D eigenvalue weighted by Gasteiger charge is -2.08. The SMILES string of the molecule is CCn1cccc1CNc1ccc(F)nc1. The van der Waals surface area contributed by atoms with Crippen LogP contribution in [0.3, 0.4) is 0 Å². The monoisotopic (exact) mass is 219 g/mol. The van der Waals surface area contributed by atoms with Crippen LogP contribution < -0.4 is 5.32 Å². The first-order valence-corrected chi connectivity index (χ1v) is 5.29. The van der Waals surface area contributed by atoms with Crippen molar-refractivity contribution in [1.29, 1.82) is 0 Å². The molecule has 0 aliphatic carbocycles. The topological polar surface area (TPSA) is 29.9 Å². The van der Waals surface area contributed by atoms with Crippen molar-refractivity contribution in [3.8, 4) is 0 Å². The minimum absolute atomic E-state index is 0.456. The standard InChI is InChI=1S/C12H14FN3/c1-2-16-7-3-4-11(16)9-14-10-5-6-12(13)15-8-10/h3-8,14H,2,9H2,1H3. The highest BCUT2D eigenvalue weighted by molar-refractivity contribution is 5.40. The third-order valence-corrected chi connectivity index (χ3v) is 2.47. The number of halogens is 1. The smallest absolute Gasteiger partial charge is 0.212 e. The first kappa shape index (κ1) is 10.7. The number of hydrogen-bond donors (Lipinski definition) is 1. The second-order valence-corrected chi connectivity index (χ2v) is 3.51. The number of aryl methyl sites for hydroxylation is 1. The maximum absolute atomic E-state index is 12.6. The van der Waals surface area contributed by atoms with Gasteiger partial charge < -0.3 is 9.88 Å². The van der Waals surface area contributed by atoms with E-state index in [1.165, 1.54) is 18.0 Å². The first-order valence-electron chi connectivity index (χ1n) is 5.29. The van der Waals surface area contributed by atoms with Gasteiger partial charge in [0.05, 0.1) is 18.4 Å². The van der Waals surface area contributed by atoms with Gasteiger partial charge in [-0.15, -0.1) is 0 Å². The van der Waals surface area contributed by atoms with Gasteiger partial charge in [0, 0.05) is 18.4 Å². The Bertz CT molecular complexity index is 448. The molecule has 2 rings (SSSR count). The van der Waals surface area contributed by atoms with Crippen molar-refractivity contribution in [2.24, 2.45) is 0 Å². The van der Waals surface area contributed by atoms with E-state index in [4.69, 9.17) is 0 Å². The highest BCUT2D eigenvalue weighted by atomic mass is 19.1. The van der Waals surface area contributed by atoms with Gasteiger partial charge in [-0.25, -0.2) is 4.98 Å². The average molecular weight is 219 g/mol. The zero-order valence-corrected chi connectivity index (χ0v) is 9.15. The Kier molecular flexibility index (Phi) is 3.19. The summed E-state index contributed by atoms with van der Waals surface area (Å²) < 4.78 is 14.7. The number of rotatable bonds is 4. The summed E-state index contributed by atoms with van der Waals surface area (Å²) in [6.07, 6.45) is 3.54. The minimum Gasteiger partial charge on any atom is -0.378 e. The van der Waals surface area contributed by atoms with Gasteiger partial charge in [0.15, 0.2) is 0 Å². The molecule has 0 radical (unpaired) electrons. The molecule has 3 nitrogen and oxygen atoms in total. The summed E-state index contributed by atoms with van der Waals surface area (Å²) in [4.78, 5) is 3.59.